The van der Waals surface area contributed by atoms with Crippen LogP contribution in [0.4, 0.5) is 0 Å². The molecule has 1 aromatic rings. The van der Waals surface area contributed by atoms with Crippen LogP contribution in [0.3, 0.4) is 0 Å². The molecule has 0 aliphatic rings. The largest absolute Gasteiger partial charge is 0.350 e. The molecule has 20 heavy (non-hydrogen) atoms. The summed E-state index contributed by atoms with van der Waals surface area (Å²) in [4.78, 5) is 12.2. The zero-order chi connectivity index (χ0) is 15.1. The quantitative estimate of drug-likeness (QED) is 0.787. The Labute approximate surface area is 126 Å². The van der Waals surface area contributed by atoms with E-state index in [1.54, 1.807) is 6.07 Å². The average molecular weight is 298 g/mol. The molecule has 0 fully saturated rings. The van der Waals surface area contributed by atoms with Crippen LogP contribution in [0.2, 0.25) is 0 Å². The van der Waals surface area contributed by atoms with Crippen molar-refractivity contribution in [3.63, 3.8) is 0 Å². The lowest BCUT2D eigenvalue weighted by atomic mass is 9.99. The number of hydrogen-bond acceptors (Lipinski definition) is 3. The highest BCUT2D eigenvalue weighted by Crippen LogP contribution is 2.18. The average Bonchev–Trinajstić information content (AvgIpc) is 2.46. The van der Waals surface area contributed by atoms with E-state index in [0.29, 0.717) is 24.4 Å². The van der Waals surface area contributed by atoms with Gasteiger partial charge in [-0.25, -0.2) is 0 Å². The first-order valence-electron chi connectivity index (χ1n) is 7.28. The number of aromatic nitrogens is 2. The summed E-state index contributed by atoms with van der Waals surface area (Å²) in [5.74, 6) is 0.316. The lowest BCUT2D eigenvalue weighted by molar-refractivity contribution is 0.0950. The van der Waals surface area contributed by atoms with Crippen molar-refractivity contribution >= 4 is 17.5 Å². The predicted octanol–water partition coefficient (Wildman–Crippen LogP) is 3.12. The summed E-state index contributed by atoms with van der Waals surface area (Å²) < 4.78 is 0. The first-order valence-corrected chi connectivity index (χ1v) is 7.72. The molecular formula is C15H24ClN3O. The van der Waals surface area contributed by atoms with Crippen LogP contribution in [-0.2, 0) is 6.42 Å². The second kappa shape index (κ2) is 8.20. The molecule has 0 radical (unpaired) electrons. The van der Waals surface area contributed by atoms with Gasteiger partial charge in [0.1, 0.15) is 0 Å². The van der Waals surface area contributed by atoms with E-state index in [9.17, 15) is 4.79 Å². The summed E-state index contributed by atoms with van der Waals surface area (Å²) in [5.41, 5.74) is 2.07. The number of alkyl halides is 1. The van der Waals surface area contributed by atoms with Crippen molar-refractivity contribution in [2.45, 2.75) is 52.3 Å². The first kappa shape index (κ1) is 16.9. The maximum Gasteiger partial charge on any atom is 0.253 e. The van der Waals surface area contributed by atoms with Crippen LogP contribution in [-0.4, -0.2) is 28.0 Å². The van der Waals surface area contributed by atoms with Gasteiger partial charge >= 0.3 is 0 Å². The molecule has 5 heteroatoms. The zero-order valence-corrected chi connectivity index (χ0v) is 13.5. The Balaban J connectivity index is 2.70. The van der Waals surface area contributed by atoms with Crippen LogP contribution in [0.15, 0.2) is 6.07 Å². The summed E-state index contributed by atoms with van der Waals surface area (Å²) in [7, 11) is 0. The molecule has 0 spiro atoms. The Kier molecular flexibility index (Phi) is 6.93. The topological polar surface area (TPSA) is 54.9 Å². The van der Waals surface area contributed by atoms with E-state index in [-0.39, 0.29) is 11.3 Å². The van der Waals surface area contributed by atoms with Crippen LogP contribution in [0.5, 0.6) is 0 Å². The van der Waals surface area contributed by atoms with Gasteiger partial charge in [0.05, 0.1) is 22.3 Å². The minimum absolute atomic E-state index is 0.0325. The zero-order valence-electron chi connectivity index (χ0n) is 12.7. The number of aryl methyl sites for hydroxylation is 2. The second-order valence-electron chi connectivity index (χ2n) is 5.00. The maximum atomic E-state index is 12.2. The van der Waals surface area contributed by atoms with Crippen molar-refractivity contribution in [2.24, 2.45) is 5.92 Å². The minimum Gasteiger partial charge on any atom is -0.350 e. The van der Waals surface area contributed by atoms with Crippen LogP contribution >= 0.6 is 11.6 Å². The molecule has 112 valence electrons. The van der Waals surface area contributed by atoms with E-state index in [4.69, 9.17) is 11.6 Å². The van der Waals surface area contributed by atoms with Crippen molar-refractivity contribution in [1.82, 2.24) is 15.5 Å². The molecule has 4 nitrogen and oxygen atoms in total. The molecule has 0 aliphatic heterocycles. The summed E-state index contributed by atoms with van der Waals surface area (Å²) in [6.45, 7) is 8.52. The van der Waals surface area contributed by atoms with E-state index in [1.807, 2.05) is 13.8 Å². The first-order chi connectivity index (χ1) is 9.53. The van der Waals surface area contributed by atoms with Gasteiger partial charge in [-0.15, -0.1) is 11.6 Å². The van der Waals surface area contributed by atoms with Gasteiger partial charge in [0.15, 0.2) is 0 Å². The van der Waals surface area contributed by atoms with E-state index < -0.39 is 0 Å². The standard InChI is InChI=1S/C15H24ClN3O/c1-5-11(6-2)13(16)9-17-15(20)12-8-10(4)18-19-14(12)7-3/h8,11,13H,5-7,9H2,1-4H3,(H,17,20). The molecule has 1 atom stereocenters. The van der Waals surface area contributed by atoms with Gasteiger partial charge in [0.2, 0.25) is 0 Å². The molecule has 1 heterocycles. The molecule has 1 rings (SSSR count). The molecular weight excluding hydrogens is 274 g/mol. The Morgan fingerprint density at radius 3 is 2.50 bits per heavy atom. The number of halogens is 1. The number of rotatable bonds is 7. The van der Waals surface area contributed by atoms with Gasteiger partial charge in [-0.2, -0.15) is 10.2 Å². The highest BCUT2D eigenvalue weighted by atomic mass is 35.5. The number of carbonyl (C=O) groups excluding carboxylic acids is 1. The number of nitrogens with zero attached hydrogens (tertiary/aromatic N) is 2. The monoisotopic (exact) mass is 297 g/mol. The molecule has 1 N–H and O–H groups in total. The van der Waals surface area contributed by atoms with E-state index in [2.05, 4.69) is 29.4 Å². The van der Waals surface area contributed by atoms with E-state index >= 15 is 0 Å². The van der Waals surface area contributed by atoms with E-state index in [1.165, 1.54) is 0 Å². The lowest BCUT2D eigenvalue weighted by Crippen LogP contribution is -2.34. The van der Waals surface area contributed by atoms with Crippen molar-refractivity contribution < 1.29 is 4.79 Å². The van der Waals surface area contributed by atoms with Crippen LogP contribution < -0.4 is 5.32 Å². The van der Waals surface area contributed by atoms with Crippen molar-refractivity contribution in [3.05, 3.63) is 23.0 Å². The fraction of sp³-hybridized carbons (Fsp3) is 0.667. The Bertz CT molecular complexity index is 447. The van der Waals surface area contributed by atoms with Gasteiger partial charge in [-0.3, -0.25) is 4.79 Å². The number of nitrogens with one attached hydrogen (secondary N) is 1. The smallest absolute Gasteiger partial charge is 0.253 e. The molecule has 0 aromatic carbocycles. The predicted molar refractivity (Wildman–Crippen MR) is 82.2 cm³/mol. The fourth-order valence-electron chi connectivity index (χ4n) is 2.22. The van der Waals surface area contributed by atoms with Gasteiger partial charge in [0.25, 0.3) is 5.91 Å². The molecule has 0 aliphatic carbocycles. The second-order valence-corrected chi connectivity index (χ2v) is 5.56. The highest BCUT2D eigenvalue weighted by Gasteiger charge is 2.18. The van der Waals surface area contributed by atoms with Crippen LogP contribution in [0, 0.1) is 12.8 Å². The number of amides is 1. The SMILES string of the molecule is CCc1nnc(C)cc1C(=O)NCC(Cl)C(CC)CC. The number of hydrogen-bond donors (Lipinski definition) is 1. The lowest BCUT2D eigenvalue weighted by Gasteiger charge is -2.19. The summed E-state index contributed by atoms with van der Waals surface area (Å²) in [5, 5.41) is 10.9. The third-order valence-corrected chi connectivity index (χ3v) is 4.10. The minimum atomic E-state index is -0.114. The maximum absolute atomic E-state index is 12.2. The Morgan fingerprint density at radius 2 is 1.95 bits per heavy atom. The number of carbonyl (C=O) groups is 1. The van der Waals surface area contributed by atoms with Crippen molar-refractivity contribution in [1.29, 1.82) is 0 Å². The Hall–Kier alpha value is -1.16. The summed E-state index contributed by atoms with van der Waals surface area (Å²) in [6.07, 6.45) is 2.74. The summed E-state index contributed by atoms with van der Waals surface area (Å²) >= 11 is 6.34. The molecule has 0 saturated carbocycles. The molecule has 1 aromatic heterocycles. The van der Waals surface area contributed by atoms with Gasteiger partial charge in [-0.1, -0.05) is 33.6 Å². The van der Waals surface area contributed by atoms with Crippen molar-refractivity contribution in [3.8, 4) is 0 Å². The van der Waals surface area contributed by atoms with Crippen molar-refractivity contribution in [2.75, 3.05) is 6.54 Å². The molecule has 0 bridgehead atoms. The van der Waals surface area contributed by atoms with Gasteiger partial charge in [-0.05, 0) is 25.3 Å². The normalized spacial score (nSPS) is 12.5. The van der Waals surface area contributed by atoms with Crippen LogP contribution in [0.25, 0.3) is 0 Å². The van der Waals surface area contributed by atoms with Gasteiger partial charge < -0.3 is 5.32 Å². The molecule has 1 unspecified atom stereocenters. The summed E-state index contributed by atoms with van der Waals surface area (Å²) in [6, 6.07) is 1.78. The van der Waals surface area contributed by atoms with Gasteiger partial charge in [0, 0.05) is 6.54 Å². The molecule has 0 saturated heterocycles. The third-order valence-electron chi connectivity index (χ3n) is 3.59. The highest BCUT2D eigenvalue weighted by molar-refractivity contribution is 6.21. The van der Waals surface area contributed by atoms with E-state index in [0.717, 1.165) is 24.2 Å². The van der Waals surface area contributed by atoms with Crippen LogP contribution in [0.1, 0.15) is 55.4 Å². The molecule has 1 amide bonds. The Morgan fingerprint density at radius 1 is 1.30 bits per heavy atom. The fourth-order valence-corrected chi connectivity index (χ4v) is 2.66. The third kappa shape index (κ3) is 4.44.